The third-order valence-electron chi connectivity index (χ3n) is 7.58. The first-order valence-electron chi connectivity index (χ1n) is 13.2. The van der Waals surface area contributed by atoms with Gasteiger partial charge in [-0.15, -0.1) is 17.6 Å². The minimum Gasteiger partial charge on any atom is -0.504 e. The molecule has 3 aromatic carbocycles. The Balaban J connectivity index is 0.000000134. The van der Waals surface area contributed by atoms with E-state index in [1.54, 1.807) is 0 Å². The Bertz CT molecular complexity index is 2150. The molecular weight excluding hydrogens is 685 g/mol. The van der Waals surface area contributed by atoms with Crippen molar-refractivity contribution in [2.75, 3.05) is 12.1 Å². The van der Waals surface area contributed by atoms with E-state index in [2.05, 4.69) is 106 Å². The monoisotopic (exact) mass is 709 g/mol. The van der Waals surface area contributed by atoms with E-state index in [1.165, 1.54) is 27.6 Å². The molecule has 0 saturated carbocycles. The molecule has 2 aliphatic heterocycles. The average Bonchev–Trinajstić information content (AvgIpc) is 3.60. The van der Waals surface area contributed by atoms with Crippen LogP contribution in [0.1, 0.15) is 5.56 Å². The van der Waals surface area contributed by atoms with Crippen molar-refractivity contribution in [2.24, 2.45) is 7.05 Å². The van der Waals surface area contributed by atoms with Crippen LogP contribution in [0, 0.1) is 19.1 Å². The van der Waals surface area contributed by atoms with Crippen LogP contribution in [-0.2, 0) is 27.2 Å². The fourth-order valence-electron chi connectivity index (χ4n) is 5.91. The maximum atomic E-state index is 4.74. The Morgan fingerprint density at radius 1 is 0.805 bits per heavy atom. The van der Waals surface area contributed by atoms with Crippen molar-refractivity contribution >= 4 is 49.0 Å². The van der Waals surface area contributed by atoms with Crippen LogP contribution < -0.4 is 9.69 Å². The summed E-state index contributed by atoms with van der Waals surface area (Å²) in [6.07, 6.45) is 14.6. The molecule has 0 aliphatic carbocycles. The quantitative estimate of drug-likeness (QED) is 0.111. The standard InChI is InChI=1S/C19H12N3.C15H12N3.Ir/c1-22-10-15-16(11-22)19-17(14-7-4-8-20-18(14)15)13-6-3-2-5-12(13)9-21-19;1-16-10-15-13-7-3-2-6-12(13)14-8-4-5-9-17(14)18(15)11-16;/h2-9,11H,1H3;2-8,10-11H,1H3;/q2*-1;+3. The van der Waals surface area contributed by atoms with E-state index < -0.39 is 0 Å². The topological polar surface area (TPSA) is 41.1 Å². The van der Waals surface area contributed by atoms with Crippen LogP contribution in [0.25, 0.3) is 60.3 Å². The molecule has 9 rings (SSSR count). The molecule has 0 radical (unpaired) electrons. The second-order valence-corrected chi connectivity index (χ2v) is 10.1. The fourth-order valence-corrected chi connectivity index (χ4v) is 5.91. The van der Waals surface area contributed by atoms with Gasteiger partial charge in [0.15, 0.2) is 0 Å². The number of pyridine rings is 3. The summed E-state index contributed by atoms with van der Waals surface area (Å²) in [5, 5.41) is 8.95. The van der Waals surface area contributed by atoms with E-state index in [9.17, 15) is 0 Å². The van der Waals surface area contributed by atoms with Gasteiger partial charge in [0.1, 0.15) is 11.9 Å². The molecular formula is C34H24IrN6+. The van der Waals surface area contributed by atoms with Gasteiger partial charge < -0.3 is 14.5 Å². The number of hydrogen-bond acceptors (Lipinski definition) is 4. The molecule has 4 aromatic heterocycles. The summed E-state index contributed by atoms with van der Waals surface area (Å²) in [4.78, 5) is 11.4. The number of rotatable bonds is 0. The average molecular weight is 709 g/mol. The Labute approximate surface area is 251 Å². The van der Waals surface area contributed by atoms with Crippen LogP contribution in [0.15, 0.2) is 104 Å². The van der Waals surface area contributed by atoms with E-state index in [1.807, 2.05) is 55.3 Å². The second kappa shape index (κ2) is 9.80. The summed E-state index contributed by atoms with van der Waals surface area (Å²) >= 11 is 0. The molecule has 2 aliphatic rings. The van der Waals surface area contributed by atoms with Gasteiger partial charge in [-0.25, -0.2) is 4.68 Å². The van der Waals surface area contributed by atoms with E-state index >= 15 is 0 Å². The van der Waals surface area contributed by atoms with Crippen LogP contribution in [0.2, 0.25) is 0 Å². The SMILES string of the molecule is CN1C=C2c3ccccc3-c3ccc[c-][n+]3N2[CH-]1.Cn1[c-]c2c(c1)c1ncc3ccccc3c1c1cccnc21.[Ir+3]. The molecule has 7 heteroatoms. The molecule has 0 spiro atoms. The van der Waals surface area contributed by atoms with Crippen LogP contribution in [0.3, 0.4) is 0 Å². The predicted molar refractivity (Wildman–Crippen MR) is 159 cm³/mol. The van der Waals surface area contributed by atoms with Gasteiger partial charge in [0.25, 0.3) is 0 Å². The first kappa shape index (κ1) is 25.4. The first-order valence-corrected chi connectivity index (χ1v) is 13.2. The zero-order valence-electron chi connectivity index (χ0n) is 22.4. The van der Waals surface area contributed by atoms with Gasteiger partial charge in [0.05, 0.1) is 5.70 Å². The molecule has 0 amide bonds. The molecule has 41 heavy (non-hydrogen) atoms. The number of aryl methyl sites for hydroxylation is 1. The summed E-state index contributed by atoms with van der Waals surface area (Å²) in [6.45, 7) is 2.06. The molecule has 0 fully saturated rings. The maximum Gasteiger partial charge on any atom is 3.00 e. The van der Waals surface area contributed by atoms with Crippen molar-refractivity contribution in [3.05, 3.63) is 128 Å². The van der Waals surface area contributed by atoms with Crippen molar-refractivity contribution in [3.63, 3.8) is 0 Å². The van der Waals surface area contributed by atoms with Crippen molar-refractivity contribution in [1.29, 1.82) is 0 Å². The summed E-state index contributed by atoms with van der Waals surface area (Å²) in [6, 6.07) is 27.1. The van der Waals surface area contributed by atoms with Gasteiger partial charge in [-0.3, -0.25) is 9.99 Å². The number of hydrogen-bond donors (Lipinski definition) is 0. The molecule has 6 nitrogen and oxygen atoms in total. The van der Waals surface area contributed by atoms with Gasteiger partial charge in [0.2, 0.25) is 0 Å². The van der Waals surface area contributed by atoms with E-state index in [-0.39, 0.29) is 20.1 Å². The molecule has 7 aromatic rings. The van der Waals surface area contributed by atoms with Crippen LogP contribution in [0.5, 0.6) is 0 Å². The second-order valence-electron chi connectivity index (χ2n) is 10.1. The smallest absolute Gasteiger partial charge is 0.504 e. The van der Waals surface area contributed by atoms with Gasteiger partial charge >= 0.3 is 20.1 Å². The molecule has 198 valence electrons. The number of benzene rings is 3. The minimum absolute atomic E-state index is 0. The number of nitrogens with zero attached hydrogens (tertiary/aromatic N) is 6. The van der Waals surface area contributed by atoms with E-state index in [0.29, 0.717) is 0 Å². The molecule has 0 atom stereocenters. The van der Waals surface area contributed by atoms with Crippen molar-refractivity contribution in [2.45, 2.75) is 0 Å². The Hall–Kier alpha value is -4.58. The number of fused-ring (bicyclic) bond motifs is 14. The third-order valence-corrected chi connectivity index (χ3v) is 7.58. The Morgan fingerprint density at radius 3 is 2.51 bits per heavy atom. The van der Waals surface area contributed by atoms with Crippen molar-refractivity contribution < 1.29 is 24.8 Å². The zero-order valence-corrected chi connectivity index (χ0v) is 24.8. The van der Waals surface area contributed by atoms with Crippen molar-refractivity contribution in [3.8, 4) is 11.3 Å². The van der Waals surface area contributed by atoms with Crippen molar-refractivity contribution in [1.82, 2.24) is 19.4 Å². The molecule has 0 saturated heterocycles. The van der Waals surface area contributed by atoms with Crippen LogP contribution in [0.4, 0.5) is 0 Å². The van der Waals surface area contributed by atoms with Gasteiger partial charge in [-0.2, -0.15) is 6.07 Å². The molecule has 0 N–H and O–H groups in total. The van der Waals surface area contributed by atoms with E-state index in [4.69, 9.17) is 4.98 Å². The van der Waals surface area contributed by atoms with Crippen LogP contribution in [-0.4, -0.2) is 26.5 Å². The summed E-state index contributed by atoms with van der Waals surface area (Å²) in [5.41, 5.74) is 6.87. The first-order chi connectivity index (χ1) is 19.7. The normalized spacial score (nSPS) is 13.4. The molecule has 6 heterocycles. The summed E-state index contributed by atoms with van der Waals surface area (Å²) < 4.78 is 4.01. The summed E-state index contributed by atoms with van der Waals surface area (Å²) in [5.74, 6) is 0. The van der Waals surface area contributed by atoms with Crippen LogP contribution >= 0.6 is 0 Å². The number of aromatic nitrogens is 4. The summed E-state index contributed by atoms with van der Waals surface area (Å²) in [7, 11) is 4.03. The Kier molecular flexibility index (Phi) is 6.07. The minimum atomic E-state index is 0. The third kappa shape index (κ3) is 3.92. The van der Waals surface area contributed by atoms with Gasteiger partial charge in [-0.05, 0) is 48.0 Å². The largest absolute Gasteiger partial charge is 3.00 e. The molecule has 0 bridgehead atoms. The predicted octanol–water partition coefficient (Wildman–Crippen LogP) is 5.98. The Morgan fingerprint density at radius 2 is 1.61 bits per heavy atom. The van der Waals surface area contributed by atoms with E-state index in [0.717, 1.165) is 38.3 Å². The maximum absolute atomic E-state index is 4.74. The zero-order chi connectivity index (χ0) is 26.8. The fraction of sp³-hybridized carbons (Fsp3) is 0.0588. The molecule has 0 unspecified atom stereocenters. The van der Waals surface area contributed by atoms with Gasteiger partial charge in [-0.1, -0.05) is 78.9 Å². The van der Waals surface area contributed by atoms with Gasteiger partial charge in [0, 0.05) is 34.4 Å².